The van der Waals surface area contributed by atoms with E-state index in [-0.39, 0.29) is 5.75 Å². The molecule has 76 valence electrons. The van der Waals surface area contributed by atoms with Crippen LogP contribution in [0.25, 0.3) is 0 Å². The molecule has 0 fully saturated rings. The van der Waals surface area contributed by atoms with Crippen LogP contribution in [0.2, 0.25) is 0 Å². The molecule has 0 bridgehead atoms. The summed E-state index contributed by atoms with van der Waals surface area (Å²) in [5.41, 5.74) is 1.56. The lowest BCUT2D eigenvalue weighted by Crippen LogP contribution is -1.96. The number of benzene rings is 1. The fraction of sp³-hybridized carbons (Fsp3) is 0.364. The largest absolute Gasteiger partial charge is 0.507 e. The van der Waals surface area contributed by atoms with E-state index in [4.69, 9.17) is 4.74 Å². The molecule has 1 aromatic rings. The van der Waals surface area contributed by atoms with Crippen molar-refractivity contribution in [2.75, 3.05) is 13.7 Å². The fourth-order valence-electron chi connectivity index (χ4n) is 1.19. The lowest BCUT2D eigenvalue weighted by atomic mass is 10.1. The lowest BCUT2D eigenvalue weighted by molar-refractivity contribution is 0.337. The van der Waals surface area contributed by atoms with Crippen molar-refractivity contribution in [1.82, 2.24) is 0 Å². The van der Waals surface area contributed by atoms with E-state index in [1.807, 2.05) is 26.0 Å². The summed E-state index contributed by atoms with van der Waals surface area (Å²) in [6.45, 7) is 4.36. The first-order valence-electron chi connectivity index (χ1n) is 4.58. The van der Waals surface area contributed by atoms with Gasteiger partial charge in [0, 0.05) is 24.4 Å². The van der Waals surface area contributed by atoms with Gasteiger partial charge < -0.3 is 9.84 Å². The average molecular weight is 193 g/mol. The molecule has 0 amide bonds. The first-order valence-corrected chi connectivity index (χ1v) is 4.58. The van der Waals surface area contributed by atoms with E-state index >= 15 is 0 Å². The van der Waals surface area contributed by atoms with Crippen molar-refractivity contribution in [3.63, 3.8) is 0 Å². The predicted octanol–water partition coefficient (Wildman–Crippen LogP) is 2.23. The van der Waals surface area contributed by atoms with Gasteiger partial charge in [0.15, 0.2) is 0 Å². The Balaban J connectivity index is 3.01. The Morgan fingerprint density at radius 1 is 1.50 bits per heavy atom. The minimum atomic E-state index is 0.207. The van der Waals surface area contributed by atoms with Crippen LogP contribution in [-0.2, 0) is 0 Å². The van der Waals surface area contributed by atoms with Crippen molar-refractivity contribution in [2.45, 2.75) is 13.8 Å². The minimum absolute atomic E-state index is 0.207. The Morgan fingerprint density at radius 3 is 2.71 bits per heavy atom. The molecule has 0 saturated carbocycles. The van der Waals surface area contributed by atoms with Crippen LogP contribution in [0.15, 0.2) is 23.2 Å². The summed E-state index contributed by atoms with van der Waals surface area (Å²) in [6, 6.07) is 5.24. The van der Waals surface area contributed by atoms with Crippen molar-refractivity contribution < 1.29 is 9.84 Å². The van der Waals surface area contributed by atoms with Gasteiger partial charge in [-0.1, -0.05) is 0 Å². The zero-order chi connectivity index (χ0) is 10.6. The second-order valence-electron chi connectivity index (χ2n) is 2.92. The topological polar surface area (TPSA) is 41.8 Å². The van der Waals surface area contributed by atoms with Crippen LogP contribution < -0.4 is 4.74 Å². The molecule has 0 aliphatic rings. The predicted molar refractivity (Wildman–Crippen MR) is 57.4 cm³/mol. The highest BCUT2D eigenvalue weighted by molar-refractivity contribution is 6.01. The molecule has 14 heavy (non-hydrogen) atoms. The Hall–Kier alpha value is -1.51. The number of rotatable bonds is 3. The van der Waals surface area contributed by atoms with E-state index < -0.39 is 0 Å². The van der Waals surface area contributed by atoms with E-state index in [1.54, 1.807) is 13.1 Å². The summed E-state index contributed by atoms with van der Waals surface area (Å²) >= 11 is 0. The molecule has 0 aromatic heterocycles. The molecule has 0 atom stereocenters. The van der Waals surface area contributed by atoms with E-state index in [0.29, 0.717) is 12.4 Å². The number of nitrogens with zero attached hydrogens (tertiary/aromatic N) is 1. The second-order valence-corrected chi connectivity index (χ2v) is 2.92. The molecular formula is C11H15NO2. The van der Waals surface area contributed by atoms with Gasteiger partial charge in [0.05, 0.1) is 6.61 Å². The van der Waals surface area contributed by atoms with Gasteiger partial charge in [0.2, 0.25) is 0 Å². The molecule has 1 aromatic carbocycles. The number of phenols is 1. The molecule has 1 rings (SSSR count). The van der Waals surface area contributed by atoms with Gasteiger partial charge in [0.1, 0.15) is 11.5 Å². The third-order valence-corrected chi connectivity index (χ3v) is 2.01. The Bertz CT molecular complexity index is 345. The third-order valence-electron chi connectivity index (χ3n) is 2.01. The molecule has 0 unspecified atom stereocenters. The molecule has 0 spiro atoms. The standard InChI is InChI=1S/C11H15NO2/c1-4-14-9-5-6-10(8(2)12-3)11(13)7-9/h5-7,13H,4H2,1-3H3. The maximum atomic E-state index is 9.66. The minimum Gasteiger partial charge on any atom is -0.507 e. The molecule has 0 radical (unpaired) electrons. The number of hydrogen-bond donors (Lipinski definition) is 1. The maximum absolute atomic E-state index is 9.66. The molecule has 0 heterocycles. The molecular weight excluding hydrogens is 178 g/mol. The Labute approximate surface area is 84.1 Å². The fourth-order valence-corrected chi connectivity index (χ4v) is 1.19. The molecule has 1 N–H and O–H groups in total. The van der Waals surface area contributed by atoms with Crippen molar-refractivity contribution >= 4 is 5.71 Å². The number of ether oxygens (including phenoxy) is 1. The van der Waals surface area contributed by atoms with Crippen LogP contribution in [0.1, 0.15) is 19.4 Å². The molecule has 3 heteroatoms. The van der Waals surface area contributed by atoms with E-state index in [1.165, 1.54) is 0 Å². The summed E-state index contributed by atoms with van der Waals surface area (Å²) in [5, 5.41) is 9.66. The normalized spacial score (nSPS) is 11.5. The monoisotopic (exact) mass is 193 g/mol. The van der Waals surface area contributed by atoms with E-state index in [9.17, 15) is 5.11 Å². The highest BCUT2D eigenvalue weighted by Crippen LogP contribution is 2.24. The number of aliphatic imine (C=N–C) groups is 1. The quantitative estimate of drug-likeness (QED) is 0.748. The van der Waals surface area contributed by atoms with Gasteiger partial charge in [-0.25, -0.2) is 0 Å². The van der Waals surface area contributed by atoms with E-state index in [2.05, 4.69) is 4.99 Å². The summed E-state index contributed by atoms with van der Waals surface area (Å²) in [7, 11) is 1.70. The van der Waals surface area contributed by atoms with Crippen molar-refractivity contribution in [2.24, 2.45) is 4.99 Å². The van der Waals surface area contributed by atoms with Gasteiger partial charge in [-0.3, -0.25) is 4.99 Å². The summed E-state index contributed by atoms with van der Waals surface area (Å²) in [4.78, 5) is 4.01. The summed E-state index contributed by atoms with van der Waals surface area (Å²) < 4.78 is 5.26. The maximum Gasteiger partial charge on any atom is 0.128 e. The van der Waals surface area contributed by atoms with Crippen LogP contribution in [0.4, 0.5) is 0 Å². The van der Waals surface area contributed by atoms with Gasteiger partial charge in [0.25, 0.3) is 0 Å². The second kappa shape index (κ2) is 4.65. The average Bonchev–Trinajstić information content (AvgIpc) is 2.17. The lowest BCUT2D eigenvalue weighted by Gasteiger charge is -2.07. The van der Waals surface area contributed by atoms with Crippen LogP contribution >= 0.6 is 0 Å². The Morgan fingerprint density at radius 2 is 2.21 bits per heavy atom. The SMILES string of the molecule is CCOc1ccc(C(C)=NC)c(O)c1. The summed E-state index contributed by atoms with van der Waals surface area (Å²) in [6.07, 6.45) is 0. The van der Waals surface area contributed by atoms with Gasteiger partial charge >= 0.3 is 0 Å². The van der Waals surface area contributed by atoms with Crippen molar-refractivity contribution in [3.8, 4) is 11.5 Å². The highest BCUT2D eigenvalue weighted by Gasteiger charge is 2.05. The van der Waals surface area contributed by atoms with Crippen LogP contribution in [0, 0.1) is 0 Å². The zero-order valence-electron chi connectivity index (χ0n) is 8.74. The Kier molecular flexibility index (Phi) is 3.51. The van der Waals surface area contributed by atoms with Crippen LogP contribution in [-0.4, -0.2) is 24.5 Å². The zero-order valence-corrected chi connectivity index (χ0v) is 8.74. The van der Waals surface area contributed by atoms with Gasteiger partial charge in [-0.2, -0.15) is 0 Å². The van der Waals surface area contributed by atoms with Crippen molar-refractivity contribution in [1.29, 1.82) is 0 Å². The summed E-state index contributed by atoms with van der Waals surface area (Å²) in [5.74, 6) is 0.886. The van der Waals surface area contributed by atoms with Gasteiger partial charge in [-0.15, -0.1) is 0 Å². The van der Waals surface area contributed by atoms with Crippen LogP contribution in [0.3, 0.4) is 0 Å². The highest BCUT2D eigenvalue weighted by atomic mass is 16.5. The molecule has 0 aliphatic carbocycles. The first kappa shape index (κ1) is 10.6. The molecule has 0 aliphatic heterocycles. The van der Waals surface area contributed by atoms with Gasteiger partial charge in [-0.05, 0) is 26.0 Å². The third kappa shape index (κ3) is 2.25. The number of phenolic OH excluding ortho intramolecular Hbond substituents is 1. The number of aromatic hydroxyl groups is 1. The van der Waals surface area contributed by atoms with Crippen LogP contribution in [0.5, 0.6) is 11.5 Å². The first-order chi connectivity index (χ1) is 6.69. The molecule has 3 nitrogen and oxygen atoms in total. The van der Waals surface area contributed by atoms with Crippen molar-refractivity contribution in [3.05, 3.63) is 23.8 Å². The van der Waals surface area contributed by atoms with E-state index in [0.717, 1.165) is 11.3 Å². The molecule has 0 saturated heterocycles. The smallest absolute Gasteiger partial charge is 0.128 e. The number of hydrogen-bond acceptors (Lipinski definition) is 3.